The Morgan fingerprint density at radius 3 is 2.80 bits per heavy atom. The molecule has 2 heterocycles. The van der Waals surface area contributed by atoms with E-state index >= 15 is 0 Å². The van der Waals surface area contributed by atoms with Crippen LogP contribution in [0.3, 0.4) is 0 Å². The van der Waals surface area contributed by atoms with Crippen molar-refractivity contribution in [3.8, 4) is 11.3 Å². The Hall–Kier alpha value is -3.07. The molecule has 2 aromatic carbocycles. The van der Waals surface area contributed by atoms with Crippen LogP contribution in [0.15, 0.2) is 54.9 Å². The molecule has 0 aliphatic carbocycles. The van der Waals surface area contributed by atoms with Crippen molar-refractivity contribution in [2.24, 2.45) is 0 Å². The van der Waals surface area contributed by atoms with Gasteiger partial charge in [0.2, 0.25) is 0 Å². The highest BCUT2D eigenvalue weighted by molar-refractivity contribution is 7.13. The number of hydrogen-bond donors (Lipinski definition) is 0. The van der Waals surface area contributed by atoms with Crippen LogP contribution in [0.4, 0.5) is 0 Å². The summed E-state index contributed by atoms with van der Waals surface area (Å²) in [6, 6.07) is 16.2. The molecule has 0 bridgehead atoms. The zero-order valence-electron chi connectivity index (χ0n) is 16.7. The van der Waals surface area contributed by atoms with Crippen molar-refractivity contribution in [1.82, 2.24) is 9.55 Å². The fraction of sp³-hybridized carbons (Fsp3) is 0.167. The SMILES string of the molecule is CCOc1ncc(Cn2cc(/C=C(\C#N)c3ccc(C)cc3)c3ccc(Cl)cc32)s1. The van der Waals surface area contributed by atoms with Crippen LogP contribution in [-0.2, 0) is 6.54 Å². The first-order chi connectivity index (χ1) is 14.6. The average molecular weight is 434 g/mol. The lowest BCUT2D eigenvalue weighted by molar-refractivity contribution is 0.338. The molecule has 0 spiro atoms. The quantitative estimate of drug-likeness (QED) is 0.323. The number of fused-ring (bicyclic) bond motifs is 1. The van der Waals surface area contributed by atoms with Crippen LogP contribution in [0.5, 0.6) is 5.19 Å². The number of allylic oxidation sites excluding steroid dienone is 1. The molecule has 0 unspecified atom stereocenters. The summed E-state index contributed by atoms with van der Waals surface area (Å²) in [6.45, 7) is 5.23. The Kier molecular flexibility index (Phi) is 5.89. The number of ether oxygens (including phenoxy) is 1. The molecule has 150 valence electrons. The summed E-state index contributed by atoms with van der Waals surface area (Å²) < 4.78 is 7.63. The molecule has 0 N–H and O–H groups in total. The first-order valence-corrected chi connectivity index (χ1v) is 10.8. The highest BCUT2D eigenvalue weighted by Crippen LogP contribution is 2.30. The molecule has 0 saturated carbocycles. The maximum absolute atomic E-state index is 9.75. The van der Waals surface area contributed by atoms with Gasteiger partial charge in [-0.1, -0.05) is 58.8 Å². The van der Waals surface area contributed by atoms with Crippen molar-refractivity contribution >= 4 is 45.5 Å². The number of aryl methyl sites for hydroxylation is 1. The van der Waals surface area contributed by atoms with E-state index in [-0.39, 0.29) is 0 Å². The van der Waals surface area contributed by atoms with E-state index in [0.29, 0.717) is 28.9 Å². The van der Waals surface area contributed by atoms with Crippen LogP contribution in [0, 0.1) is 18.3 Å². The first kappa shape index (κ1) is 20.2. The largest absolute Gasteiger partial charge is 0.470 e. The zero-order chi connectivity index (χ0) is 21.1. The lowest BCUT2D eigenvalue weighted by Crippen LogP contribution is -1.95. The van der Waals surface area contributed by atoms with Crippen molar-refractivity contribution in [2.75, 3.05) is 6.61 Å². The molecule has 0 aliphatic rings. The van der Waals surface area contributed by atoms with Gasteiger partial charge in [0.15, 0.2) is 0 Å². The maximum Gasteiger partial charge on any atom is 0.273 e. The lowest BCUT2D eigenvalue weighted by atomic mass is 10.0. The first-order valence-electron chi connectivity index (χ1n) is 9.62. The number of aromatic nitrogens is 2. The third-order valence-electron chi connectivity index (χ3n) is 4.78. The fourth-order valence-corrected chi connectivity index (χ4v) is 4.31. The van der Waals surface area contributed by atoms with Crippen LogP contribution in [0.2, 0.25) is 5.02 Å². The van der Waals surface area contributed by atoms with Crippen molar-refractivity contribution in [2.45, 2.75) is 20.4 Å². The minimum absolute atomic E-state index is 0.597. The number of benzene rings is 2. The summed E-state index contributed by atoms with van der Waals surface area (Å²) in [5, 5.41) is 12.2. The maximum atomic E-state index is 9.75. The van der Waals surface area contributed by atoms with Crippen molar-refractivity contribution in [3.05, 3.63) is 81.4 Å². The molecule has 6 heteroatoms. The van der Waals surface area contributed by atoms with Crippen LogP contribution in [0.1, 0.15) is 28.5 Å². The summed E-state index contributed by atoms with van der Waals surface area (Å²) in [4.78, 5) is 5.40. The standard InChI is InChI=1S/C24H20ClN3OS/c1-3-29-24-27-13-21(30-24)15-28-14-19(22-9-8-20(25)11-23(22)28)10-18(12-26)17-6-4-16(2)5-7-17/h4-11,13-14H,3,15H2,1-2H3/b18-10+. The second-order valence-corrected chi connectivity index (χ2v) is 8.45. The molecule has 2 aromatic heterocycles. The normalized spacial score (nSPS) is 11.6. The molecule has 0 fully saturated rings. The molecule has 0 amide bonds. The molecule has 0 atom stereocenters. The third-order valence-corrected chi connectivity index (χ3v) is 5.91. The summed E-state index contributed by atoms with van der Waals surface area (Å²) in [7, 11) is 0. The molecule has 0 aliphatic heterocycles. The number of halogens is 1. The summed E-state index contributed by atoms with van der Waals surface area (Å²) in [5.74, 6) is 0. The summed E-state index contributed by atoms with van der Waals surface area (Å²) in [6.07, 6.45) is 5.84. The predicted molar refractivity (Wildman–Crippen MR) is 124 cm³/mol. The molecule has 4 nitrogen and oxygen atoms in total. The molecule has 0 saturated heterocycles. The van der Waals surface area contributed by atoms with E-state index in [1.807, 2.05) is 68.6 Å². The number of nitriles is 1. The van der Waals surface area contributed by atoms with Gasteiger partial charge in [0.1, 0.15) is 0 Å². The average Bonchev–Trinajstić information content (AvgIpc) is 3.32. The fourth-order valence-electron chi connectivity index (χ4n) is 3.33. The predicted octanol–water partition coefficient (Wildman–Crippen LogP) is 6.57. The molecule has 0 radical (unpaired) electrons. The Morgan fingerprint density at radius 2 is 2.07 bits per heavy atom. The van der Waals surface area contributed by atoms with Gasteiger partial charge in [-0.05, 0) is 37.6 Å². The topological polar surface area (TPSA) is 50.8 Å². The Morgan fingerprint density at radius 1 is 1.27 bits per heavy atom. The van der Waals surface area contributed by atoms with E-state index in [1.165, 1.54) is 16.9 Å². The van der Waals surface area contributed by atoms with Gasteiger partial charge in [-0.2, -0.15) is 5.26 Å². The highest BCUT2D eigenvalue weighted by atomic mass is 35.5. The second kappa shape index (κ2) is 8.74. The van der Waals surface area contributed by atoms with Gasteiger partial charge in [0.25, 0.3) is 5.19 Å². The number of hydrogen-bond acceptors (Lipinski definition) is 4. The minimum Gasteiger partial charge on any atom is -0.470 e. The number of nitrogens with zero attached hydrogens (tertiary/aromatic N) is 3. The smallest absolute Gasteiger partial charge is 0.273 e. The van der Waals surface area contributed by atoms with Gasteiger partial charge >= 0.3 is 0 Å². The molecule has 4 aromatic rings. The van der Waals surface area contributed by atoms with Gasteiger partial charge < -0.3 is 9.30 Å². The van der Waals surface area contributed by atoms with Crippen LogP contribution >= 0.6 is 22.9 Å². The summed E-state index contributed by atoms with van der Waals surface area (Å²) >= 11 is 7.82. The van der Waals surface area contributed by atoms with Gasteiger partial charge in [-0.3, -0.25) is 0 Å². The monoisotopic (exact) mass is 433 g/mol. The third kappa shape index (κ3) is 4.25. The Balaban J connectivity index is 1.76. The lowest BCUT2D eigenvalue weighted by Gasteiger charge is -2.03. The van der Waals surface area contributed by atoms with Crippen LogP contribution < -0.4 is 4.74 Å². The van der Waals surface area contributed by atoms with Crippen molar-refractivity contribution in [1.29, 1.82) is 5.26 Å². The molecule has 30 heavy (non-hydrogen) atoms. The molecular formula is C24H20ClN3OS. The minimum atomic E-state index is 0.597. The number of thiazole rings is 1. The Labute approximate surface area is 184 Å². The van der Waals surface area contributed by atoms with E-state index in [2.05, 4.69) is 21.8 Å². The van der Waals surface area contributed by atoms with Gasteiger partial charge in [0.05, 0.1) is 30.3 Å². The van der Waals surface area contributed by atoms with Crippen molar-refractivity contribution < 1.29 is 4.74 Å². The van der Waals surface area contributed by atoms with Crippen LogP contribution in [0.25, 0.3) is 22.6 Å². The zero-order valence-corrected chi connectivity index (χ0v) is 18.3. The van der Waals surface area contributed by atoms with E-state index < -0.39 is 0 Å². The molecular weight excluding hydrogens is 414 g/mol. The van der Waals surface area contributed by atoms with Gasteiger partial charge in [-0.15, -0.1) is 0 Å². The van der Waals surface area contributed by atoms with E-state index in [4.69, 9.17) is 16.3 Å². The van der Waals surface area contributed by atoms with Gasteiger partial charge in [0, 0.05) is 33.2 Å². The summed E-state index contributed by atoms with van der Waals surface area (Å²) in [5.41, 5.74) is 4.69. The van der Waals surface area contributed by atoms with Crippen molar-refractivity contribution in [3.63, 3.8) is 0 Å². The second-order valence-electron chi connectivity index (χ2n) is 6.94. The van der Waals surface area contributed by atoms with E-state index in [1.54, 1.807) is 0 Å². The van der Waals surface area contributed by atoms with Crippen LogP contribution in [-0.4, -0.2) is 16.2 Å². The van der Waals surface area contributed by atoms with E-state index in [9.17, 15) is 5.26 Å². The molecule has 4 rings (SSSR count). The number of rotatable bonds is 6. The highest BCUT2D eigenvalue weighted by Gasteiger charge is 2.12. The van der Waals surface area contributed by atoms with Gasteiger partial charge in [-0.25, -0.2) is 4.98 Å². The Bertz CT molecular complexity index is 1260. The van der Waals surface area contributed by atoms with E-state index in [0.717, 1.165) is 26.9 Å².